The maximum atomic E-state index is 5.33. The number of hydrogen-bond acceptors (Lipinski definition) is 6. The third kappa shape index (κ3) is 1.59. The fourth-order valence-corrected chi connectivity index (χ4v) is 3.09. The Bertz CT molecular complexity index is 610. The van der Waals surface area contributed by atoms with Gasteiger partial charge in [-0.3, -0.25) is 0 Å². The van der Waals surface area contributed by atoms with Gasteiger partial charge in [0.1, 0.15) is 0 Å². The van der Waals surface area contributed by atoms with Crippen molar-refractivity contribution in [3.63, 3.8) is 0 Å². The van der Waals surface area contributed by atoms with Crippen molar-refractivity contribution in [1.29, 1.82) is 0 Å². The van der Waals surface area contributed by atoms with E-state index in [0.717, 1.165) is 29.9 Å². The van der Waals surface area contributed by atoms with Gasteiger partial charge in [0.2, 0.25) is 0 Å². The zero-order chi connectivity index (χ0) is 12.8. The highest BCUT2D eigenvalue weighted by Crippen LogP contribution is 2.33. The number of aromatic nitrogens is 2. The summed E-state index contributed by atoms with van der Waals surface area (Å²) in [6.07, 6.45) is 4.47. The third-order valence-corrected chi connectivity index (χ3v) is 4.26. The lowest BCUT2D eigenvalue weighted by Crippen LogP contribution is -2.63. The molecular weight excluding hydrogens is 242 g/mol. The number of anilines is 2. The Kier molecular flexibility index (Phi) is 2.38. The molecular formula is C13H17N5O. The molecule has 19 heavy (non-hydrogen) atoms. The van der Waals surface area contributed by atoms with Gasteiger partial charge in [0, 0.05) is 38.3 Å². The first-order chi connectivity index (χ1) is 9.36. The zero-order valence-electron chi connectivity index (χ0n) is 10.9. The lowest BCUT2D eigenvalue weighted by molar-refractivity contribution is 0.240. The molecule has 0 amide bonds. The Morgan fingerprint density at radius 2 is 2.42 bits per heavy atom. The minimum absolute atomic E-state index is 0.611. The fourth-order valence-electron chi connectivity index (χ4n) is 3.09. The van der Waals surface area contributed by atoms with Crippen LogP contribution in [0.5, 0.6) is 0 Å². The quantitative estimate of drug-likeness (QED) is 0.845. The van der Waals surface area contributed by atoms with Gasteiger partial charge in [-0.1, -0.05) is 5.16 Å². The van der Waals surface area contributed by atoms with Crippen molar-refractivity contribution in [1.82, 2.24) is 15.5 Å². The summed E-state index contributed by atoms with van der Waals surface area (Å²) in [5.41, 5.74) is 2.69. The predicted octanol–water partition coefficient (Wildman–Crippen LogP) is 1.21. The van der Waals surface area contributed by atoms with Gasteiger partial charge < -0.3 is 20.1 Å². The van der Waals surface area contributed by atoms with Crippen LogP contribution < -0.4 is 15.5 Å². The SMILES string of the molecule is CNc1noc2cc(N3CCN[C@H]4CC[C@H]43)cnc12. The van der Waals surface area contributed by atoms with E-state index in [0.29, 0.717) is 17.9 Å². The number of fused-ring (bicyclic) bond motifs is 2. The van der Waals surface area contributed by atoms with Gasteiger partial charge in [-0.2, -0.15) is 0 Å². The highest BCUT2D eigenvalue weighted by atomic mass is 16.5. The Hall–Kier alpha value is -1.82. The molecule has 0 radical (unpaired) electrons. The molecule has 2 aliphatic rings. The average Bonchev–Trinajstić information content (AvgIpc) is 2.82. The molecule has 2 N–H and O–H groups in total. The Morgan fingerprint density at radius 1 is 1.47 bits per heavy atom. The summed E-state index contributed by atoms with van der Waals surface area (Å²) in [6.45, 7) is 2.07. The molecule has 1 saturated carbocycles. The standard InChI is InChI=1S/C13H17N5O/c1-14-13-12-11(19-17-13)6-8(7-16-12)18-5-4-15-9-2-3-10(9)18/h6-7,9-10,15H,2-5H2,1H3,(H,14,17)/t9-,10+/m0/s1. The van der Waals surface area contributed by atoms with Gasteiger partial charge in [-0.05, 0) is 12.8 Å². The summed E-state index contributed by atoms with van der Waals surface area (Å²) >= 11 is 0. The highest BCUT2D eigenvalue weighted by molar-refractivity contribution is 5.85. The van der Waals surface area contributed by atoms with E-state index < -0.39 is 0 Å². The van der Waals surface area contributed by atoms with Crippen molar-refractivity contribution in [2.24, 2.45) is 0 Å². The summed E-state index contributed by atoms with van der Waals surface area (Å²) in [5, 5.41) is 10.5. The van der Waals surface area contributed by atoms with Crippen molar-refractivity contribution in [2.45, 2.75) is 24.9 Å². The second-order valence-electron chi connectivity index (χ2n) is 5.22. The van der Waals surface area contributed by atoms with Crippen LogP contribution in [-0.4, -0.2) is 42.4 Å². The normalized spacial score (nSPS) is 26.1. The Balaban J connectivity index is 1.71. The van der Waals surface area contributed by atoms with Crippen LogP contribution >= 0.6 is 0 Å². The first-order valence-corrected chi connectivity index (χ1v) is 6.80. The number of nitrogens with zero attached hydrogens (tertiary/aromatic N) is 3. The molecule has 0 aromatic carbocycles. The number of pyridine rings is 1. The number of nitrogens with one attached hydrogen (secondary N) is 2. The number of hydrogen-bond donors (Lipinski definition) is 2. The van der Waals surface area contributed by atoms with Crippen molar-refractivity contribution in [3.05, 3.63) is 12.3 Å². The van der Waals surface area contributed by atoms with E-state index in [4.69, 9.17) is 4.52 Å². The van der Waals surface area contributed by atoms with Crippen LogP contribution in [0.4, 0.5) is 11.5 Å². The van der Waals surface area contributed by atoms with Crippen LogP contribution in [0.1, 0.15) is 12.8 Å². The maximum Gasteiger partial charge on any atom is 0.195 e. The molecule has 100 valence electrons. The lowest BCUT2D eigenvalue weighted by atomic mass is 9.83. The van der Waals surface area contributed by atoms with Crippen LogP contribution in [0.25, 0.3) is 11.1 Å². The molecule has 0 unspecified atom stereocenters. The maximum absolute atomic E-state index is 5.33. The van der Waals surface area contributed by atoms with E-state index in [1.165, 1.54) is 12.8 Å². The van der Waals surface area contributed by atoms with E-state index in [9.17, 15) is 0 Å². The van der Waals surface area contributed by atoms with E-state index in [1.54, 1.807) is 0 Å². The third-order valence-electron chi connectivity index (χ3n) is 4.26. The zero-order valence-corrected chi connectivity index (χ0v) is 10.9. The van der Waals surface area contributed by atoms with Crippen molar-refractivity contribution < 1.29 is 4.52 Å². The van der Waals surface area contributed by atoms with Gasteiger partial charge in [0.15, 0.2) is 16.9 Å². The van der Waals surface area contributed by atoms with E-state index in [2.05, 4.69) is 31.7 Å². The molecule has 0 spiro atoms. The number of piperazine rings is 1. The molecule has 0 bridgehead atoms. The predicted molar refractivity (Wildman–Crippen MR) is 73.5 cm³/mol. The summed E-state index contributed by atoms with van der Waals surface area (Å²) < 4.78 is 5.33. The van der Waals surface area contributed by atoms with E-state index in [-0.39, 0.29) is 0 Å². The molecule has 1 aliphatic heterocycles. The molecule has 4 rings (SSSR count). The molecule has 6 heteroatoms. The molecule has 2 atom stereocenters. The first-order valence-electron chi connectivity index (χ1n) is 6.80. The Labute approximate surface area is 111 Å². The topological polar surface area (TPSA) is 66.2 Å². The van der Waals surface area contributed by atoms with Crippen LogP contribution in [0, 0.1) is 0 Å². The van der Waals surface area contributed by atoms with Crippen LogP contribution in [0.3, 0.4) is 0 Å². The summed E-state index contributed by atoms with van der Waals surface area (Å²) in [6, 6.07) is 3.31. The first kappa shape index (κ1) is 11.0. The molecule has 3 heterocycles. The average molecular weight is 259 g/mol. The monoisotopic (exact) mass is 259 g/mol. The molecule has 1 aliphatic carbocycles. The summed E-state index contributed by atoms with van der Waals surface area (Å²) in [7, 11) is 1.82. The lowest BCUT2D eigenvalue weighted by Gasteiger charge is -2.49. The highest BCUT2D eigenvalue weighted by Gasteiger charge is 2.38. The van der Waals surface area contributed by atoms with Crippen molar-refractivity contribution in [3.8, 4) is 0 Å². The van der Waals surface area contributed by atoms with Gasteiger partial charge in [0.25, 0.3) is 0 Å². The summed E-state index contributed by atoms with van der Waals surface area (Å²) in [4.78, 5) is 6.93. The fraction of sp³-hybridized carbons (Fsp3) is 0.538. The second-order valence-corrected chi connectivity index (χ2v) is 5.22. The van der Waals surface area contributed by atoms with E-state index in [1.807, 2.05) is 13.2 Å². The van der Waals surface area contributed by atoms with Crippen molar-refractivity contribution in [2.75, 3.05) is 30.4 Å². The minimum atomic E-state index is 0.611. The van der Waals surface area contributed by atoms with Crippen LogP contribution in [-0.2, 0) is 0 Å². The van der Waals surface area contributed by atoms with Gasteiger partial charge >= 0.3 is 0 Å². The molecule has 6 nitrogen and oxygen atoms in total. The molecule has 2 aromatic heterocycles. The van der Waals surface area contributed by atoms with Gasteiger partial charge in [-0.25, -0.2) is 4.98 Å². The van der Waals surface area contributed by atoms with E-state index >= 15 is 0 Å². The summed E-state index contributed by atoms with van der Waals surface area (Å²) in [5.74, 6) is 0.698. The minimum Gasteiger partial charge on any atom is -0.369 e. The Morgan fingerprint density at radius 3 is 3.21 bits per heavy atom. The largest absolute Gasteiger partial charge is 0.369 e. The second kappa shape index (κ2) is 4.09. The van der Waals surface area contributed by atoms with Crippen molar-refractivity contribution >= 4 is 22.6 Å². The molecule has 2 aromatic rings. The molecule has 2 fully saturated rings. The smallest absolute Gasteiger partial charge is 0.195 e. The number of rotatable bonds is 2. The van der Waals surface area contributed by atoms with Gasteiger partial charge in [-0.15, -0.1) is 0 Å². The van der Waals surface area contributed by atoms with Gasteiger partial charge in [0.05, 0.1) is 11.9 Å². The van der Waals surface area contributed by atoms with Crippen LogP contribution in [0.2, 0.25) is 0 Å². The molecule has 1 saturated heterocycles. The van der Waals surface area contributed by atoms with Crippen LogP contribution in [0.15, 0.2) is 16.8 Å².